The van der Waals surface area contributed by atoms with Gasteiger partial charge in [0.25, 0.3) is 0 Å². The van der Waals surface area contributed by atoms with Gasteiger partial charge in [0.05, 0.1) is 5.02 Å². The van der Waals surface area contributed by atoms with Crippen LogP contribution in [0.15, 0.2) is 23.1 Å². The summed E-state index contributed by atoms with van der Waals surface area (Å²) in [6.07, 6.45) is 1.61. The van der Waals surface area contributed by atoms with Gasteiger partial charge in [-0.05, 0) is 44.1 Å². The van der Waals surface area contributed by atoms with Gasteiger partial charge >= 0.3 is 0 Å². The number of sulfonamides is 1. The molecule has 1 aliphatic rings. The van der Waals surface area contributed by atoms with Crippen LogP contribution in [-0.2, 0) is 10.0 Å². The SMILES string of the molecule is CN(C1CCNCC1)S(=O)(=O)c1ccc(Cl)cc1Cl.Cl. The Morgan fingerprint density at radius 1 is 1.25 bits per heavy atom. The molecule has 1 saturated heterocycles. The average molecular weight is 360 g/mol. The maximum absolute atomic E-state index is 12.5. The predicted octanol–water partition coefficient (Wildman–Crippen LogP) is 2.79. The van der Waals surface area contributed by atoms with E-state index in [1.165, 1.54) is 22.5 Å². The fourth-order valence-electron chi connectivity index (χ4n) is 2.21. The zero-order valence-corrected chi connectivity index (χ0v) is 14.1. The van der Waals surface area contributed by atoms with E-state index in [0.717, 1.165) is 25.9 Å². The van der Waals surface area contributed by atoms with Gasteiger partial charge in [0.2, 0.25) is 10.0 Å². The van der Waals surface area contributed by atoms with Gasteiger partial charge in [-0.3, -0.25) is 0 Å². The molecule has 1 aromatic rings. The molecule has 4 nitrogen and oxygen atoms in total. The molecule has 0 atom stereocenters. The molecule has 0 amide bonds. The number of hydrogen-bond acceptors (Lipinski definition) is 3. The summed E-state index contributed by atoms with van der Waals surface area (Å²) in [7, 11) is -1.96. The first-order chi connectivity index (χ1) is 8.93. The molecule has 1 fully saturated rings. The summed E-state index contributed by atoms with van der Waals surface area (Å²) >= 11 is 11.8. The third kappa shape index (κ3) is 3.78. The maximum atomic E-state index is 12.5. The summed E-state index contributed by atoms with van der Waals surface area (Å²) in [6.45, 7) is 1.66. The lowest BCUT2D eigenvalue weighted by atomic mass is 10.1. The van der Waals surface area contributed by atoms with Crippen LogP contribution in [0, 0.1) is 0 Å². The minimum atomic E-state index is -3.57. The van der Waals surface area contributed by atoms with Crippen molar-refractivity contribution < 1.29 is 8.42 Å². The number of halogens is 3. The smallest absolute Gasteiger partial charge is 0.244 e. The van der Waals surface area contributed by atoms with Gasteiger partial charge in [0.15, 0.2) is 0 Å². The van der Waals surface area contributed by atoms with Gasteiger partial charge in [-0.1, -0.05) is 23.2 Å². The van der Waals surface area contributed by atoms with Crippen LogP contribution in [0.5, 0.6) is 0 Å². The minimum Gasteiger partial charge on any atom is -0.317 e. The molecule has 0 aromatic heterocycles. The number of piperidine rings is 1. The maximum Gasteiger partial charge on any atom is 0.244 e. The lowest BCUT2D eigenvalue weighted by molar-refractivity contribution is 0.296. The molecule has 0 radical (unpaired) electrons. The fraction of sp³-hybridized carbons (Fsp3) is 0.500. The number of benzene rings is 1. The fourth-order valence-corrected chi connectivity index (χ4v) is 4.37. The molecule has 8 heteroatoms. The van der Waals surface area contributed by atoms with Crippen LogP contribution >= 0.6 is 35.6 Å². The molecular formula is C12H17Cl3N2O2S. The van der Waals surface area contributed by atoms with E-state index in [-0.39, 0.29) is 28.4 Å². The van der Waals surface area contributed by atoms with Gasteiger partial charge in [0, 0.05) is 18.1 Å². The molecule has 0 spiro atoms. The summed E-state index contributed by atoms with van der Waals surface area (Å²) in [5.41, 5.74) is 0. The largest absolute Gasteiger partial charge is 0.317 e. The molecule has 0 aliphatic carbocycles. The van der Waals surface area contributed by atoms with Gasteiger partial charge in [-0.25, -0.2) is 8.42 Å². The van der Waals surface area contributed by atoms with Crippen molar-refractivity contribution in [2.45, 2.75) is 23.8 Å². The highest BCUT2D eigenvalue weighted by Crippen LogP contribution is 2.28. The van der Waals surface area contributed by atoms with Gasteiger partial charge in [0.1, 0.15) is 4.90 Å². The second-order valence-corrected chi connectivity index (χ2v) is 7.39. The highest BCUT2D eigenvalue weighted by molar-refractivity contribution is 7.89. The highest BCUT2D eigenvalue weighted by atomic mass is 35.5. The van der Waals surface area contributed by atoms with Crippen LogP contribution in [0.1, 0.15) is 12.8 Å². The van der Waals surface area contributed by atoms with Crippen LogP contribution < -0.4 is 5.32 Å². The molecule has 1 aromatic carbocycles. The van der Waals surface area contributed by atoms with Gasteiger partial charge < -0.3 is 5.32 Å². The lowest BCUT2D eigenvalue weighted by Gasteiger charge is -2.31. The van der Waals surface area contributed by atoms with Crippen LogP contribution in [0.4, 0.5) is 0 Å². The third-order valence-corrected chi connectivity index (χ3v) is 6.00. The van der Waals surface area contributed by atoms with E-state index in [1.807, 2.05) is 0 Å². The van der Waals surface area contributed by atoms with E-state index in [9.17, 15) is 8.42 Å². The molecule has 1 heterocycles. The van der Waals surface area contributed by atoms with E-state index in [4.69, 9.17) is 23.2 Å². The van der Waals surface area contributed by atoms with E-state index >= 15 is 0 Å². The summed E-state index contributed by atoms with van der Waals surface area (Å²) in [5, 5.41) is 3.80. The van der Waals surface area contributed by atoms with Crippen LogP contribution in [0.25, 0.3) is 0 Å². The van der Waals surface area contributed by atoms with Crippen molar-refractivity contribution in [3.05, 3.63) is 28.2 Å². The summed E-state index contributed by atoms with van der Waals surface area (Å²) < 4.78 is 26.5. The quantitative estimate of drug-likeness (QED) is 0.903. The number of nitrogens with one attached hydrogen (secondary N) is 1. The molecule has 0 saturated carbocycles. The van der Waals surface area contributed by atoms with E-state index in [2.05, 4.69) is 5.32 Å². The second kappa shape index (κ2) is 7.29. The van der Waals surface area contributed by atoms with Crippen molar-refractivity contribution >= 4 is 45.6 Å². The number of nitrogens with zero attached hydrogens (tertiary/aromatic N) is 1. The Labute approximate surface area is 135 Å². The average Bonchev–Trinajstić information content (AvgIpc) is 2.38. The third-order valence-electron chi connectivity index (χ3n) is 3.37. The predicted molar refractivity (Wildman–Crippen MR) is 84.6 cm³/mol. The highest BCUT2D eigenvalue weighted by Gasteiger charge is 2.30. The molecule has 1 aliphatic heterocycles. The zero-order valence-electron chi connectivity index (χ0n) is 11.0. The topological polar surface area (TPSA) is 49.4 Å². The molecular weight excluding hydrogens is 343 g/mol. The Kier molecular flexibility index (Phi) is 6.57. The summed E-state index contributed by atoms with van der Waals surface area (Å²) in [4.78, 5) is 0.111. The molecule has 2 rings (SSSR count). The molecule has 0 unspecified atom stereocenters. The Hall–Kier alpha value is -0.0400. The first-order valence-electron chi connectivity index (χ1n) is 6.07. The Morgan fingerprint density at radius 3 is 2.40 bits per heavy atom. The van der Waals surface area contributed by atoms with Gasteiger partial charge in [-0.2, -0.15) is 4.31 Å². The van der Waals surface area contributed by atoms with Gasteiger partial charge in [-0.15, -0.1) is 12.4 Å². The van der Waals surface area contributed by atoms with Crippen LogP contribution in [0.3, 0.4) is 0 Å². The normalized spacial score (nSPS) is 17.0. The monoisotopic (exact) mass is 358 g/mol. The van der Waals surface area contributed by atoms with Crippen LogP contribution in [-0.4, -0.2) is 38.9 Å². The summed E-state index contributed by atoms with van der Waals surface area (Å²) in [6, 6.07) is 4.46. The number of rotatable bonds is 3. The van der Waals surface area contributed by atoms with Crippen molar-refractivity contribution in [1.29, 1.82) is 0 Å². The van der Waals surface area contributed by atoms with Crippen molar-refractivity contribution in [3.63, 3.8) is 0 Å². The Balaban J connectivity index is 0.00000200. The van der Waals surface area contributed by atoms with E-state index in [1.54, 1.807) is 7.05 Å². The van der Waals surface area contributed by atoms with Crippen molar-refractivity contribution in [2.24, 2.45) is 0 Å². The zero-order chi connectivity index (χ0) is 14.0. The molecule has 20 heavy (non-hydrogen) atoms. The van der Waals surface area contributed by atoms with E-state index in [0.29, 0.717) is 5.02 Å². The number of hydrogen-bond donors (Lipinski definition) is 1. The molecule has 1 N–H and O–H groups in total. The molecule has 114 valence electrons. The van der Waals surface area contributed by atoms with E-state index < -0.39 is 10.0 Å². The second-order valence-electron chi connectivity index (χ2n) is 4.58. The standard InChI is InChI=1S/C12H16Cl2N2O2S.ClH/c1-16(10-4-6-15-7-5-10)19(17,18)12-3-2-9(13)8-11(12)14;/h2-3,8,10,15H,4-7H2,1H3;1H. The van der Waals surface area contributed by atoms with Crippen molar-refractivity contribution in [1.82, 2.24) is 9.62 Å². The summed E-state index contributed by atoms with van der Waals surface area (Å²) in [5.74, 6) is 0. The van der Waals surface area contributed by atoms with Crippen molar-refractivity contribution in [2.75, 3.05) is 20.1 Å². The Bertz CT molecular complexity index is 560. The van der Waals surface area contributed by atoms with Crippen LogP contribution in [0.2, 0.25) is 10.0 Å². The minimum absolute atomic E-state index is 0. The first-order valence-corrected chi connectivity index (χ1v) is 8.26. The Morgan fingerprint density at radius 2 is 1.85 bits per heavy atom. The van der Waals surface area contributed by atoms with Crippen molar-refractivity contribution in [3.8, 4) is 0 Å². The lowest BCUT2D eigenvalue weighted by Crippen LogP contribution is -2.43. The molecule has 0 bridgehead atoms. The first kappa shape index (κ1) is 18.0.